The molecule has 1 heterocycles. The highest BCUT2D eigenvalue weighted by molar-refractivity contribution is 5.97. The number of benzene rings is 2. The molecule has 3 aromatic rings. The SMILES string of the molecule is C=C/C=C(\C=C/C)n1c2ccccc2c(=O)c2ccccc21. The van der Waals surface area contributed by atoms with Gasteiger partial charge in [-0.05, 0) is 43.3 Å². The maximum absolute atomic E-state index is 12.7. The molecule has 0 saturated carbocycles. The lowest BCUT2D eigenvalue weighted by Crippen LogP contribution is -2.10. The van der Waals surface area contributed by atoms with E-state index >= 15 is 0 Å². The molecule has 0 radical (unpaired) electrons. The fraction of sp³-hybridized carbons (Fsp3) is 0.0500. The lowest BCUT2D eigenvalue weighted by molar-refractivity contribution is 1.21. The van der Waals surface area contributed by atoms with Gasteiger partial charge >= 0.3 is 0 Å². The summed E-state index contributed by atoms with van der Waals surface area (Å²) in [5.74, 6) is 0. The Morgan fingerprint density at radius 3 is 2.05 bits per heavy atom. The molecule has 2 heteroatoms. The standard InChI is InChI=1S/C20H17NO/c1-3-9-15(10-4-2)21-18-13-7-5-11-16(18)20(22)17-12-6-8-14-19(17)21/h3-14H,1H2,2H3/b10-4-,15-9+. The Morgan fingerprint density at radius 2 is 1.55 bits per heavy atom. The number of rotatable bonds is 3. The highest BCUT2D eigenvalue weighted by Crippen LogP contribution is 2.23. The molecule has 0 N–H and O–H groups in total. The summed E-state index contributed by atoms with van der Waals surface area (Å²) in [7, 11) is 0. The van der Waals surface area contributed by atoms with Crippen molar-refractivity contribution in [2.24, 2.45) is 0 Å². The number of aromatic nitrogens is 1. The van der Waals surface area contributed by atoms with Crippen LogP contribution in [0.2, 0.25) is 0 Å². The van der Waals surface area contributed by atoms with E-state index in [1.807, 2.05) is 73.7 Å². The van der Waals surface area contributed by atoms with E-state index in [2.05, 4.69) is 11.1 Å². The maximum atomic E-state index is 12.7. The van der Waals surface area contributed by atoms with Crippen LogP contribution in [0.3, 0.4) is 0 Å². The third-order valence-electron chi connectivity index (χ3n) is 3.66. The Morgan fingerprint density at radius 1 is 1.00 bits per heavy atom. The van der Waals surface area contributed by atoms with Crippen LogP contribution in [-0.2, 0) is 0 Å². The number of fused-ring (bicyclic) bond motifs is 2. The average molecular weight is 287 g/mol. The van der Waals surface area contributed by atoms with Gasteiger partial charge in [-0.1, -0.05) is 43.0 Å². The first kappa shape index (κ1) is 14.1. The molecular weight excluding hydrogens is 270 g/mol. The van der Waals surface area contributed by atoms with Crippen molar-refractivity contribution in [2.45, 2.75) is 6.92 Å². The summed E-state index contributed by atoms with van der Waals surface area (Å²) >= 11 is 0. The molecule has 0 fully saturated rings. The maximum Gasteiger partial charge on any atom is 0.197 e. The van der Waals surface area contributed by atoms with E-state index in [4.69, 9.17) is 0 Å². The van der Waals surface area contributed by atoms with Gasteiger partial charge in [0.25, 0.3) is 0 Å². The van der Waals surface area contributed by atoms with Crippen LogP contribution in [0.5, 0.6) is 0 Å². The molecule has 108 valence electrons. The Balaban J connectivity index is 2.60. The Hall–Kier alpha value is -2.87. The number of allylic oxidation sites excluding steroid dienone is 5. The number of para-hydroxylation sites is 2. The normalized spacial score (nSPS) is 12.3. The van der Waals surface area contributed by atoms with Gasteiger partial charge in [-0.2, -0.15) is 0 Å². The molecule has 0 amide bonds. The Labute approximate surface area is 129 Å². The molecule has 0 aliphatic carbocycles. The molecule has 0 aliphatic rings. The van der Waals surface area contributed by atoms with Crippen LogP contribution in [0.15, 0.2) is 84.2 Å². The highest BCUT2D eigenvalue weighted by Gasteiger charge is 2.11. The second kappa shape index (κ2) is 5.86. The van der Waals surface area contributed by atoms with Crippen molar-refractivity contribution in [3.05, 3.63) is 89.6 Å². The van der Waals surface area contributed by atoms with Gasteiger partial charge in [-0.3, -0.25) is 4.79 Å². The molecule has 0 bridgehead atoms. The van der Waals surface area contributed by atoms with Crippen molar-refractivity contribution in [1.29, 1.82) is 0 Å². The van der Waals surface area contributed by atoms with Gasteiger partial charge in [-0.15, -0.1) is 0 Å². The second-order valence-electron chi connectivity index (χ2n) is 5.03. The van der Waals surface area contributed by atoms with Crippen molar-refractivity contribution >= 4 is 27.5 Å². The Kier molecular flexibility index (Phi) is 3.75. The summed E-state index contributed by atoms with van der Waals surface area (Å²) in [6.45, 7) is 5.78. The second-order valence-corrected chi connectivity index (χ2v) is 5.03. The molecule has 22 heavy (non-hydrogen) atoms. The van der Waals surface area contributed by atoms with Gasteiger partial charge in [0.2, 0.25) is 0 Å². The van der Waals surface area contributed by atoms with Crippen LogP contribution >= 0.6 is 0 Å². The fourth-order valence-electron chi connectivity index (χ4n) is 2.77. The molecule has 0 aliphatic heterocycles. The van der Waals surface area contributed by atoms with E-state index in [0.717, 1.165) is 27.5 Å². The van der Waals surface area contributed by atoms with Crippen molar-refractivity contribution in [2.75, 3.05) is 0 Å². The predicted molar refractivity (Wildman–Crippen MR) is 95.0 cm³/mol. The summed E-state index contributed by atoms with van der Waals surface area (Å²) < 4.78 is 2.10. The molecule has 0 spiro atoms. The molecule has 0 unspecified atom stereocenters. The van der Waals surface area contributed by atoms with Crippen molar-refractivity contribution in [1.82, 2.24) is 4.57 Å². The van der Waals surface area contributed by atoms with Crippen LogP contribution < -0.4 is 5.43 Å². The van der Waals surface area contributed by atoms with Gasteiger partial charge in [0.15, 0.2) is 5.43 Å². The fourth-order valence-corrected chi connectivity index (χ4v) is 2.77. The third kappa shape index (κ3) is 2.19. The lowest BCUT2D eigenvalue weighted by atomic mass is 10.1. The Bertz CT molecular complexity index is 914. The zero-order chi connectivity index (χ0) is 15.5. The first-order valence-corrected chi connectivity index (χ1v) is 7.26. The molecule has 0 saturated heterocycles. The van der Waals surface area contributed by atoms with Crippen LogP contribution in [-0.4, -0.2) is 4.57 Å². The van der Waals surface area contributed by atoms with Crippen molar-refractivity contribution in [3.63, 3.8) is 0 Å². The molecular formula is C20H17NO. The smallest absolute Gasteiger partial charge is 0.197 e. The topological polar surface area (TPSA) is 22.0 Å². The van der Waals surface area contributed by atoms with Crippen molar-refractivity contribution < 1.29 is 0 Å². The summed E-state index contributed by atoms with van der Waals surface area (Å²) in [5.41, 5.74) is 2.85. The van der Waals surface area contributed by atoms with E-state index < -0.39 is 0 Å². The van der Waals surface area contributed by atoms with Crippen LogP contribution in [0.1, 0.15) is 6.92 Å². The van der Waals surface area contributed by atoms with Gasteiger partial charge in [0, 0.05) is 16.5 Å². The van der Waals surface area contributed by atoms with E-state index in [9.17, 15) is 4.79 Å². The molecule has 2 aromatic carbocycles. The molecule has 3 rings (SSSR count). The zero-order valence-corrected chi connectivity index (χ0v) is 12.5. The van der Waals surface area contributed by atoms with Crippen LogP contribution in [0.4, 0.5) is 0 Å². The summed E-state index contributed by atoms with van der Waals surface area (Å²) in [5, 5.41) is 1.45. The molecule has 0 atom stereocenters. The first-order valence-electron chi connectivity index (χ1n) is 7.26. The minimum atomic E-state index is 0.0703. The minimum Gasteiger partial charge on any atom is -0.309 e. The minimum absolute atomic E-state index is 0.0703. The predicted octanol–water partition coefficient (Wildman–Crippen LogP) is 4.76. The largest absolute Gasteiger partial charge is 0.309 e. The van der Waals surface area contributed by atoms with Crippen LogP contribution in [0.25, 0.3) is 27.5 Å². The van der Waals surface area contributed by atoms with E-state index in [0.29, 0.717) is 0 Å². The molecule has 1 aromatic heterocycles. The third-order valence-corrected chi connectivity index (χ3v) is 3.66. The highest BCUT2D eigenvalue weighted by atomic mass is 16.1. The molecule has 2 nitrogen and oxygen atoms in total. The zero-order valence-electron chi connectivity index (χ0n) is 12.5. The first-order chi connectivity index (χ1) is 10.8. The number of pyridine rings is 1. The number of hydrogen-bond donors (Lipinski definition) is 0. The average Bonchev–Trinajstić information content (AvgIpc) is 2.56. The van der Waals surface area contributed by atoms with Gasteiger partial charge < -0.3 is 4.57 Å². The van der Waals surface area contributed by atoms with E-state index in [-0.39, 0.29) is 5.43 Å². The monoisotopic (exact) mass is 287 g/mol. The van der Waals surface area contributed by atoms with E-state index in [1.54, 1.807) is 6.08 Å². The quantitative estimate of drug-likeness (QED) is 0.503. The van der Waals surface area contributed by atoms with Gasteiger partial charge in [0.1, 0.15) is 0 Å². The lowest BCUT2D eigenvalue weighted by Gasteiger charge is -2.16. The van der Waals surface area contributed by atoms with Gasteiger partial charge in [0.05, 0.1) is 11.0 Å². The van der Waals surface area contributed by atoms with Crippen molar-refractivity contribution in [3.8, 4) is 0 Å². The number of nitrogens with zero attached hydrogens (tertiary/aromatic N) is 1. The number of hydrogen-bond acceptors (Lipinski definition) is 1. The van der Waals surface area contributed by atoms with E-state index in [1.165, 1.54) is 0 Å². The summed E-state index contributed by atoms with van der Waals surface area (Å²) in [6.07, 6.45) is 7.71. The van der Waals surface area contributed by atoms with Gasteiger partial charge in [-0.25, -0.2) is 0 Å². The summed E-state index contributed by atoms with van der Waals surface area (Å²) in [6, 6.07) is 15.4. The summed E-state index contributed by atoms with van der Waals surface area (Å²) in [4.78, 5) is 12.7. The van der Waals surface area contributed by atoms with Crippen LogP contribution in [0, 0.1) is 0 Å².